The van der Waals surface area contributed by atoms with E-state index in [1.807, 2.05) is 0 Å². The molecule has 3 rings (SSSR count). The molecule has 0 unspecified atom stereocenters. The number of hydrogen-bond acceptors (Lipinski definition) is 0. The van der Waals surface area contributed by atoms with Crippen LogP contribution in [0.4, 0.5) is 0 Å². The molecule has 0 bridgehead atoms. The number of rotatable bonds is 5. The summed E-state index contributed by atoms with van der Waals surface area (Å²) in [6.45, 7) is 4.78. The molecule has 0 aromatic rings. The highest BCUT2D eigenvalue weighted by molar-refractivity contribution is 4.86. The molecule has 0 N–H and O–H groups in total. The lowest BCUT2D eigenvalue weighted by Crippen LogP contribution is -2.30. The second-order valence-corrected chi connectivity index (χ2v) is 9.45. The van der Waals surface area contributed by atoms with Gasteiger partial charge in [0.1, 0.15) is 0 Å². The summed E-state index contributed by atoms with van der Waals surface area (Å²) in [5.41, 5.74) is 0. The summed E-state index contributed by atoms with van der Waals surface area (Å²) in [6, 6.07) is 0. The van der Waals surface area contributed by atoms with E-state index in [-0.39, 0.29) is 0 Å². The third-order valence-corrected chi connectivity index (χ3v) is 8.14. The van der Waals surface area contributed by atoms with Gasteiger partial charge in [-0.05, 0) is 80.5 Å². The van der Waals surface area contributed by atoms with Crippen LogP contribution in [-0.4, -0.2) is 0 Å². The first-order chi connectivity index (χ1) is 11.3. The predicted molar refractivity (Wildman–Crippen MR) is 102 cm³/mol. The molecule has 3 aliphatic rings. The fourth-order valence-corrected chi connectivity index (χ4v) is 6.58. The SMILES string of the molecule is CCC[C@H]1CC[C@H](C2CCC([C@@H]3CCC[C@H](CC)C3)CC2)CC1. The highest BCUT2D eigenvalue weighted by Crippen LogP contribution is 2.46. The highest BCUT2D eigenvalue weighted by Gasteiger charge is 2.34. The summed E-state index contributed by atoms with van der Waals surface area (Å²) >= 11 is 0. The maximum atomic E-state index is 2.42. The van der Waals surface area contributed by atoms with Gasteiger partial charge in [-0.1, -0.05) is 65.2 Å². The molecule has 0 aromatic carbocycles. The van der Waals surface area contributed by atoms with Gasteiger partial charge in [0.15, 0.2) is 0 Å². The smallest absolute Gasteiger partial charge is 0.0383 e. The molecule has 0 saturated heterocycles. The van der Waals surface area contributed by atoms with Gasteiger partial charge >= 0.3 is 0 Å². The van der Waals surface area contributed by atoms with Gasteiger partial charge < -0.3 is 0 Å². The van der Waals surface area contributed by atoms with Crippen molar-refractivity contribution in [3.63, 3.8) is 0 Å². The second-order valence-electron chi connectivity index (χ2n) is 9.45. The van der Waals surface area contributed by atoms with Crippen molar-refractivity contribution in [2.45, 2.75) is 110 Å². The first-order valence-corrected chi connectivity index (χ1v) is 11.3. The van der Waals surface area contributed by atoms with Gasteiger partial charge in [-0.25, -0.2) is 0 Å². The first-order valence-electron chi connectivity index (χ1n) is 11.3. The third-order valence-electron chi connectivity index (χ3n) is 8.14. The Morgan fingerprint density at radius 1 is 0.565 bits per heavy atom. The largest absolute Gasteiger partial charge is 0.0654 e. The summed E-state index contributed by atoms with van der Waals surface area (Å²) in [4.78, 5) is 0. The summed E-state index contributed by atoms with van der Waals surface area (Å²) in [5.74, 6) is 6.59. The molecule has 0 heterocycles. The van der Waals surface area contributed by atoms with Crippen molar-refractivity contribution in [2.24, 2.45) is 35.5 Å². The summed E-state index contributed by atoms with van der Waals surface area (Å²) in [7, 11) is 0. The monoisotopic (exact) mass is 318 g/mol. The lowest BCUT2D eigenvalue weighted by atomic mass is 9.64. The summed E-state index contributed by atoms with van der Waals surface area (Å²) in [5, 5.41) is 0. The predicted octanol–water partition coefficient (Wildman–Crippen LogP) is 7.62. The quantitative estimate of drug-likeness (QED) is 0.489. The normalized spacial score (nSPS) is 42.5. The lowest BCUT2D eigenvalue weighted by Gasteiger charge is -2.41. The van der Waals surface area contributed by atoms with E-state index in [2.05, 4.69) is 13.8 Å². The van der Waals surface area contributed by atoms with Crippen LogP contribution in [0, 0.1) is 35.5 Å². The Kier molecular flexibility index (Phi) is 6.90. The van der Waals surface area contributed by atoms with E-state index in [9.17, 15) is 0 Å². The van der Waals surface area contributed by atoms with Gasteiger partial charge in [-0.15, -0.1) is 0 Å². The molecule has 0 radical (unpaired) electrons. The van der Waals surface area contributed by atoms with E-state index in [0.717, 1.165) is 35.5 Å². The van der Waals surface area contributed by atoms with Crippen LogP contribution in [0.3, 0.4) is 0 Å². The minimum atomic E-state index is 1.07. The van der Waals surface area contributed by atoms with E-state index < -0.39 is 0 Å². The zero-order valence-corrected chi connectivity index (χ0v) is 16.1. The Morgan fingerprint density at radius 3 is 1.70 bits per heavy atom. The standard InChI is InChI=1S/C23H42/c1-3-6-19-9-11-20(12-10-19)21-13-15-22(16-14-21)23-8-5-7-18(4-2)17-23/h18-23H,3-17H2,1-2H3/t18-,19-,20-,21?,22?,23+/m0/s1. The van der Waals surface area contributed by atoms with E-state index in [1.54, 1.807) is 64.2 Å². The van der Waals surface area contributed by atoms with Crippen LogP contribution in [-0.2, 0) is 0 Å². The molecule has 3 saturated carbocycles. The van der Waals surface area contributed by atoms with Crippen LogP contribution in [0.1, 0.15) is 110 Å². The maximum absolute atomic E-state index is 2.42. The molecule has 0 nitrogen and oxygen atoms in total. The fraction of sp³-hybridized carbons (Fsp3) is 1.00. The highest BCUT2D eigenvalue weighted by atomic mass is 14.4. The van der Waals surface area contributed by atoms with Crippen molar-refractivity contribution in [2.75, 3.05) is 0 Å². The summed E-state index contributed by atoms with van der Waals surface area (Å²) in [6.07, 6.45) is 23.1. The van der Waals surface area contributed by atoms with Crippen molar-refractivity contribution < 1.29 is 0 Å². The van der Waals surface area contributed by atoms with E-state index >= 15 is 0 Å². The molecule has 0 aliphatic heterocycles. The fourth-order valence-electron chi connectivity index (χ4n) is 6.58. The molecule has 2 atom stereocenters. The third kappa shape index (κ3) is 4.76. The van der Waals surface area contributed by atoms with Crippen molar-refractivity contribution in [3.05, 3.63) is 0 Å². The first kappa shape index (κ1) is 17.8. The zero-order valence-electron chi connectivity index (χ0n) is 16.1. The van der Waals surface area contributed by atoms with Gasteiger partial charge in [0.2, 0.25) is 0 Å². The average molecular weight is 319 g/mol. The maximum Gasteiger partial charge on any atom is -0.0383 e. The van der Waals surface area contributed by atoms with Crippen LogP contribution < -0.4 is 0 Å². The average Bonchev–Trinajstić information content (AvgIpc) is 2.63. The molecule has 0 heteroatoms. The van der Waals surface area contributed by atoms with E-state index in [0.29, 0.717) is 0 Å². The molecule has 3 fully saturated rings. The molecule has 134 valence electrons. The molecular weight excluding hydrogens is 276 g/mol. The second kappa shape index (κ2) is 8.91. The molecular formula is C23H42. The minimum Gasteiger partial charge on any atom is -0.0654 e. The van der Waals surface area contributed by atoms with Crippen LogP contribution in [0.15, 0.2) is 0 Å². The van der Waals surface area contributed by atoms with Gasteiger partial charge in [0.25, 0.3) is 0 Å². The van der Waals surface area contributed by atoms with Crippen molar-refractivity contribution in [1.82, 2.24) is 0 Å². The van der Waals surface area contributed by atoms with Gasteiger partial charge in [0.05, 0.1) is 0 Å². The molecule has 0 spiro atoms. The van der Waals surface area contributed by atoms with Gasteiger partial charge in [-0.3, -0.25) is 0 Å². The summed E-state index contributed by atoms with van der Waals surface area (Å²) < 4.78 is 0. The number of hydrogen-bond donors (Lipinski definition) is 0. The molecule has 0 aromatic heterocycles. The molecule has 23 heavy (non-hydrogen) atoms. The lowest BCUT2D eigenvalue weighted by molar-refractivity contribution is 0.0994. The van der Waals surface area contributed by atoms with Crippen molar-refractivity contribution in [1.29, 1.82) is 0 Å². The molecule has 0 amide bonds. The van der Waals surface area contributed by atoms with E-state index in [4.69, 9.17) is 0 Å². The van der Waals surface area contributed by atoms with Crippen LogP contribution in [0.25, 0.3) is 0 Å². The molecule has 3 aliphatic carbocycles. The van der Waals surface area contributed by atoms with Gasteiger partial charge in [-0.2, -0.15) is 0 Å². The van der Waals surface area contributed by atoms with Crippen LogP contribution >= 0.6 is 0 Å². The van der Waals surface area contributed by atoms with Gasteiger partial charge in [0, 0.05) is 0 Å². The Labute approximate surface area is 146 Å². The van der Waals surface area contributed by atoms with Crippen molar-refractivity contribution in [3.8, 4) is 0 Å². The van der Waals surface area contributed by atoms with Crippen LogP contribution in [0.5, 0.6) is 0 Å². The Bertz CT molecular complexity index is 317. The van der Waals surface area contributed by atoms with E-state index in [1.165, 1.54) is 32.1 Å². The zero-order chi connectivity index (χ0) is 16.1. The Morgan fingerprint density at radius 2 is 1.13 bits per heavy atom. The van der Waals surface area contributed by atoms with Crippen molar-refractivity contribution >= 4 is 0 Å². The Hall–Kier alpha value is 0. The minimum absolute atomic E-state index is 1.07. The van der Waals surface area contributed by atoms with Crippen LogP contribution in [0.2, 0.25) is 0 Å². The topological polar surface area (TPSA) is 0 Å². The Balaban J connectivity index is 1.40.